The Kier molecular flexibility index (Phi) is 5.95. The van der Waals surface area contributed by atoms with E-state index in [2.05, 4.69) is 9.46 Å². The predicted octanol–water partition coefficient (Wildman–Crippen LogP) is 2.35. The maximum absolute atomic E-state index is 12.1. The van der Waals surface area contributed by atoms with Crippen molar-refractivity contribution in [1.29, 1.82) is 0 Å². The maximum atomic E-state index is 12.1. The molecule has 0 spiro atoms. The molecular weight excluding hydrogens is 390 g/mol. The zero-order valence-electron chi connectivity index (χ0n) is 13.0. The van der Waals surface area contributed by atoms with Gasteiger partial charge in [-0.05, 0) is 35.9 Å². The molecule has 0 bridgehead atoms. The van der Waals surface area contributed by atoms with Gasteiger partial charge in [0.1, 0.15) is 10.6 Å². The van der Waals surface area contributed by atoms with Crippen LogP contribution in [0.4, 0.5) is 14.5 Å². The highest BCUT2D eigenvalue weighted by molar-refractivity contribution is 7.95. The van der Waals surface area contributed by atoms with Crippen molar-refractivity contribution in [2.75, 3.05) is 4.72 Å². The number of benzene rings is 2. The summed E-state index contributed by atoms with van der Waals surface area (Å²) in [7, 11) is -8.16. The maximum Gasteiger partial charge on any atom is 0.387 e. The minimum absolute atomic E-state index is 0.0692. The third-order valence-electron chi connectivity index (χ3n) is 2.99. The number of hydrogen-bond acceptors (Lipinski definition) is 5. The Morgan fingerprint density at radius 2 is 1.62 bits per heavy atom. The number of anilines is 1. The van der Waals surface area contributed by atoms with Crippen LogP contribution >= 0.6 is 0 Å². The highest BCUT2D eigenvalue weighted by Crippen LogP contribution is 2.21. The second kappa shape index (κ2) is 7.81. The molecule has 0 aliphatic heterocycles. The van der Waals surface area contributed by atoms with Crippen LogP contribution in [0.1, 0.15) is 5.56 Å². The van der Waals surface area contributed by atoms with Crippen LogP contribution in [0.3, 0.4) is 0 Å². The molecule has 2 aromatic carbocycles. The van der Waals surface area contributed by atoms with Gasteiger partial charge in [-0.2, -0.15) is 8.78 Å². The SMILES string of the molecule is NS(=O)(=O)c1ccccc1NS(=O)(=O)C=Cc1ccc(OC(F)F)cc1. The van der Waals surface area contributed by atoms with Crippen molar-refractivity contribution in [3.05, 3.63) is 59.5 Å². The lowest BCUT2D eigenvalue weighted by molar-refractivity contribution is -0.0498. The van der Waals surface area contributed by atoms with E-state index in [1.54, 1.807) is 0 Å². The van der Waals surface area contributed by atoms with Crippen LogP contribution < -0.4 is 14.6 Å². The third kappa shape index (κ3) is 5.79. The zero-order valence-corrected chi connectivity index (χ0v) is 14.7. The van der Waals surface area contributed by atoms with E-state index in [4.69, 9.17) is 5.14 Å². The van der Waals surface area contributed by atoms with Gasteiger partial charge in [-0.15, -0.1) is 0 Å². The summed E-state index contributed by atoms with van der Waals surface area (Å²) in [6.45, 7) is -2.96. The highest BCUT2D eigenvalue weighted by Gasteiger charge is 2.16. The molecule has 2 aromatic rings. The van der Waals surface area contributed by atoms with Crippen LogP contribution in [-0.2, 0) is 20.0 Å². The number of sulfonamides is 2. The van der Waals surface area contributed by atoms with Crippen molar-refractivity contribution >= 4 is 31.8 Å². The average Bonchev–Trinajstić information content (AvgIpc) is 2.53. The van der Waals surface area contributed by atoms with Crippen LogP contribution in [0.5, 0.6) is 5.75 Å². The molecule has 2 rings (SSSR count). The molecule has 7 nitrogen and oxygen atoms in total. The molecule has 140 valence electrons. The molecule has 0 fully saturated rings. The monoisotopic (exact) mass is 404 g/mol. The van der Waals surface area contributed by atoms with E-state index in [9.17, 15) is 25.6 Å². The first kappa shape index (κ1) is 19.8. The van der Waals surface area contributed by atoms with Crippen molar-refractivity contribution < 1.29 is 30.4 Å². The van der Waals surface area contributed by atoms with Crippen LogP contribution in [0.2, 0.25) is 0 Å². The Hall–Kier alpha value is -2.50. The van der Waals surface area contributed by atoms with Gasteiger partial charge in [0, 0.05) is 0 Å². The molecule has 3 N–H and O–H groups in total. The number of hydrogen-bond donors (Lipinski definition) is 2. The molecule has 0 aliphatic carbocycles. The second-order valence-corrected chi connectivity index (χ2v) is 8.03. The lowest BCUT2D eigenvalue weighted by Gasteiger charge is -2.09. The van der Waals surface area contributed by atoms with Gasteiger partial charge in [0.2, 0.25) is 10.0 Å². The number of para-hydroxylation sites is 1. The van der Waals surface area contributed by atoms with Crippen molar-refractivity contribution in [2.24, 2.45) is 5.14 Å². The molecule has 0 unspecified atom stereocenters. The van der Waals surface area contributed by atoms with E-state index in [0.29, 0.717) is 5.56 Å². The Bertz CT molecular complexity index is 1000. The number of primary sulfonamides is 1. The zero-order chi connectivity index (χ0) is 19.4. The molecule has 0 aliphatic rings. The molecular formula is C15H14F2N2O5S2. The van der Waals surface area contributed by atoms with Gasteiger partial charge in [-0.3, -0.25) is 4.72 Å². The van der Waals surface area contributed by atoms with Crippen LogP contribution in [0, 0.1) is 0 Å². The fourth-order valence-electron chi connectivity index (χ4n) is 1.91. The van der Waals surface area contributed by atoms with E-state index in [-0.39, 0.29) is 16.3 Å². The number of ether oxygens (including phenoxy) is 1. The van der Waals surface area contributed by atoms with Crippen molar-refractivity contribution in [3.8, 4) is 5.75 Å². The van der Waals surface area contributed by atoms with Gasteiger partial charge in [0.05, 0.1) is 11.1 Å². The lowest BCUT2D eigenvalue weighted by Crippen LogP contribution is -2.17. The number of nitrogens with two attached hydrogens (primary N) is 1. The first-order valence-electron chi connectivity index (χ1n) is 6.94. The summed E-state index contributed by atoms with van der Waals surface area (Å²) < 4.78 is 77.6. The summed E-state index contributed by atoms with van der Waals surface area (Å²) in [5.74, 6) is -0.0692. The molecule has 26 heavy (non-hydrogen) atoms. The topological polar surface area (TPSA) is 116 Å². The van der Waals surface area contributed by atoms with Gasteiger partial charge in [-0.1, -0.05) is 24.3 Å². The molecule has 0 heterocycles. The van der Waals surface area contributed by atoms with E-state index < -0.39 is 26.7 Å². The van der Waals surface area contributed by atoms with E-state index in [1.807, 2.05) is 0 Å². The summed E-state index contributed by atoms with van der Waals surface area (Å²) in [5.41, 5.74) is 0.206. The van der Waals surface area contributed by atoms with Crippen molar-refractivity contribution in [3.63, 3.8) is 0 Å². The van der Waals surface area contributed by atoms with Gasteiger partial charge < -0.3 is 4.74 Å². The van der Waals surface area contributed by atoms with Gasteiger partial charge in [0.15, 0.2) is 0 Å². The number of rotatable bonds is 7. The smallest absolute Gasteiger partial charge is 0.387 e. The fraction of sp³-hybridized carbons (Fsp3) is 0.0667. The van der Waals surface area contributed by atoms with Crippen molar-refractivity contribution in [2.45, 2.75) is 11.5 Å². The van der Waals surface area contributed by atoms with Gasteiger partial charge >= 0.3 is 6.61 Å². The largest absolute Gasteiger partial charge is 0.435 e. The van der Waals surface area contributed by atoms with E-state index in [1.165, 1.54) is 54.6 Å². The number of alkyl halides is 2. The van der Waals surface area contributed by atoms with E-state index in [0.717, 1.165) is 5.41 Å². The highest BCUT2D eigenvalue weighted by atomic mass is 32.2. The van der Waals surface area contributed by atoms with Crippen LogP contribution in [-0.4, -0.2) is 23.4 Å². The van der Waals surface area contributed by atoms with Crippen LogP contribution in [0.15, 0.2) is 58.8 Å². The Balaban J connectivity index is 2.18. The molecule has 0 saturated heterocycles. The minimum atomic E-state index is -4.11. The van der Waals surface area contributed by atoms with Crippen LogP contribution in [0.25, 0.3) is 6.08 Å². The predicted molar refractivity (Wildman–Crippen MR) is 92.5 cm³/mol. The van der Waals surface area contributed by atoms with Gasteiger partial charge in [0.25, 0.3) is 10.0 Å². The Labute approximate surface area is 149 Å². The normalized spacial score (nSPS) is 12.5. The molecule has 0 atom stereocenters. The van der Waals surface area contributed by atoms with Crippen molar-refractivity contribution in [1.82, 2.24) is 0 Å². The first-order chi connectivity index (χ1) is 12.1. The summed E-state index contributed by atoms with van der Waals surface area (Å²) >= 11 is 0. The standard InChI is InChI=1S/C15H14F2N2O5S2/c16-15(17)24-12-7-5-11(6-8-12)9-10-25(20,21)19-13-3-1-2-4-14(13)26(18,22)23/h1-10,15,19H,(H2,18,22,23). The Morgan fingerprint density at radius 3 is 2.19 bits per heavy atom. The summed E-state index contributed by atoms with van der Waals surface area (Å²) in [6.07, 6.45) is 1.20. The minimum Gasteiger partial charge on any atom is -0.435 e. The van der Waals surface area contributed by atoms with Gasteiger partial charge in [-0.25, -0.2) is 22.0 Å². The molecule has 0 amide bonds. The lowest BCUT2D eigenvalue weighted by atomic mass is 10.2. The second-order valence-electron chi connectivity index (χ2n) is 4.94. The quantitative estimate of drug-likeness (QED) is 0.735. The average molecular weight is 404 g/mol. The number of halogens is 2. The third-order valence-corrected chi connectivity index (χ3v) is 4.96. The fourth-order valence-corrected chi connectivity index (χ4v) is 3.56. The molecule has 11 heteroatoms. The Morgan fingerprint density at radius 1 is 1.00 bits per heavy atom. The first-order valence-corrected chi connectivity index (χ1v) is 10.0. The number of nitrogens with one attached hydrogen (secondary N) is 1. The summed E-state index contributed by atoms with van der Waals surface area (Å²) in [4.78, 5) is -0.370. The molecule has 0 radical (unpaired) electrons. The summed E-state index contributed by atoms with van der Waals surface area (Å²) in [6, 6.07) is 10.5. The van der Waals surface area contributed by atoms with E-state index >= 15 is 0 Å². The summed E-state index contributed by atoms with van der Waals surface area (Å²) in [5, 5.41) is 5.85. The molecule has 0 saturated carbocycles. The molecule has 0 aromatic heterocycles.